The second-order valence-corrected chi connectivity index (χ2v) is 4.50. The van der Waals surface area contributed by atoms with Gasteiger partial charge in [0.1, 0.15) is 0 Å². The Balaban J connectivity index is 2.40. The highest BCUT2D eigenvalue weighted by molar-refractivity contribution is 5.50. The van der Waals surface area contributed by atoms with Crippen LogP contribution in [0.5, 0.6) is 11.5 Å². The molecule has 1 aliphatic rings. The van der Waals surface area contributed by atoms with Gasteiger partial charge in [0.15, 0.2) is 17.3 Å². The predicted molar refractivity (Wildman–Crippen MR) is 64.2 cm³/mol. The molecule has 17 heavy (non-hydrogen) atoms. The first kappa shape index (κ1) is 12.2. The number of phenols is 1. The van der Waals surface area contributed by atoms with Crippen LogP contribution in [0.1, 0.15) is 29.9 Å². The molecule has 0 amide bonds. The Labute approximate surface area is 101 Å². The number of piperidine rings is 1. The average molecular weight is 239 g/mol. The fraction of sp³-hybridized carbons (Fsp3) is 0.538. The second-order valence-electron chi connectivity index (χ2n) is 4.50. The molecule has 0 spiro atoms. The maximum Gasteiger partial charge on any atom is 0.194 e. The van der Waals surface area contributed by atoms with Gasteiger partial charge >= 0.3 is 0 Å². The number of methoxy groups -OCH3 is 1. The van der Waals surface area contributed by atoms with Crippen LogP contribution in [0.4, 0.5) is 4.39 Å². The Hall–Kier alpha value is -1.29. The second kappa shape index (κ2) is 4.92. The van der Waals surface area contributed by atoms with E-state index in [1.807, 2.05) is 6.92 Å². The van der Waals surface area contributed by atoms with Crippen molar-refractivity contribution in [2.45, 2.75) is 25.7 Å². The van der Waals surface area contributed by atoms with Gasteiger partial charge < -0.3 is 15.2 Å². The molecule has 1 saturated heterocycles. The molecule has 1 aromatic rings. The standard InChI is InChI=1S/C13H18FNO2/c1-8-7-10(9-3-5-15-6-4-9)11(14)12(16)13(8)17-2/h7,9,15-16H,3-6H2,1-2H3. The number of rotatable bonds is 2. The number of aromatic hydroxyl groups is 1. The molecular formula is C13H18FNO2. The molecule has 0 saturated carbocycles. The van der Waals surface area contributed by atoms with Crippen molar-refractivity contribution in [3.63, 3.8) is 0 Å². The van der Waals surface area contributed by atoms with Crippen molar-refractivity contribution in [1.29, 1.82) is 0 Å². The van der Waals surface area contributed by atoms with Gasteiger partial charge in [-0.3, -0.25) is 0 Å². The molecule has 1 aliphatic heterocycles. The van der Waals surface area contributed by atoms with Gasteiger partial charge in [0.05, 0.1) is 7.11 Å². The third-order valence-corrected chi connectivity index (χ3v) is 3.39. The van der Waals surface area contributed by atoms with E-state index in [-0.39, 0.29) is 17.4 Å². The Bertz CT molecular complexity index is 414. The highest BCUT2D eigenvalue weighted by Crippen LogP contribution is 2.39. The number of phenolic OH excluding ortho intramolecular Hbond substituents is 1. The zero-order chi connectivity index (χ0) is 12.4. The van der Waals surface area contributed by atoms with E-state index in [1.54, 1.807) is 6.07 Å². The number of nitrogens with one attached hydrogen (secondary N) is 1. The lowest BCUT2D eigenvalue weighted by Gasteiger charge is -2.24. The summed E-state index contributed by atoms with van der Waals surface area (Å²) in [6.07, 6.45) is 1.81. The van der Waals surface area contributed by atoms with Gasteiger partial charge in [-0.25, -0.2) is 4.39 Å². The molecule has 0 radical (unpaired) electrons. The molecule has 3 nitrogen and oxygen atoms in total. The summed E-state index contributed by atoms with van der Waals surface area (Å²) in [6, 6.07) is 1.80. The molecule has 1 fully saturated rings. The van der Waals surface area contributed by atoms with Gasteiger partial charge in [0, 0.05) is 0 Å². The molecule has 0 atom stereocenters. The van der Waals surface area contributed by atoms with Crippen molar-refractivity contribution in [2.75, 3.05) is 20.2 Å². The van der Waals surface area contributed by atoms with Crippen molar-refractivity contribution in [2.24, 2.45) is 0 Å². The molecule has 0 aliphatic carbocycles. The third-order valence-electron chi connectivity index (χ3n) is 3.39. The predicted octanol–water partition coefficient (Wildman–Crippen LogP) is 2.32. The minimum absolute atomic E-state index is 0.187. The maximum atomic E-state index is 14.1. The summed E-state index contributed by atoms with van der Waals surface area (Å²) in [7, 11) is 1.44. The lowest BCUT2D eigenvalue weighted by atomic mass is 9.88. The smallest absolute Gasteiger partial charge is 0.194 e. The highest BCUT2D eigenvalue weighted by atomic mass is 19.1. The maximum absolute atomic E-state index is 14.1. The number of aryl methyl sites for hydroxylation is 1. The minimum Gasteiger partial charge on any atom is -0.502 e. The van der Waals surface area contributed by atoms with E-state index in [0.29, 0.717) is 5.56 Å². The van der Waals surface area contributed by atoms with E-state index in [2.05, 4.69) is 5.32 Å². The summed E-state index contributed by atoms with van der Waals surface area (Å²) in [4.78, 5) is 0. The summed E-state index contributed by atoms with van der Waals surface area (Å²) in [6.45, 7) is 3.62. The Morgan fingerprint density at radius 1 is 1.41 bits per heavy atom. The fourth-order valence-electron chi connectivity index (χ4n) is 2.47. The quantitative estimate of drug-likeness (QED) is 0.832. The summed E-state index contributed by atoms with van der Waals surface area (Å²) >= 11 is 0. The van der Waals surface area contributed by atoms with Crippen LogP contribution in [-0.4, -0.2) is 25.3 Å². The summed E-state index contributed by atoms with van der Waals surface area (Å²) in [5.41, 5.74) is 1.39. The van der Waals surface area contributed by atoms with Crippen LogP contribution in [0.25, 0.3) is 0 Å². The SMILES string of the molecule is COc1c(C)cc(C2CCNCC2)c(F)c1O. The van der Waals surface area contributed by atoms with Gasteiger partial charge in [0.25, 0.3) is 0 Å². The van der Waals surface area contributed by atoms with Gasteiger partial charge in [-0.1, -0.05) is 0 Å². The van der Waals surface area contributed by atoms with Gasteiger partial charge in [-0.15, -0.1) is 0 Å². The molecule has 1 heterocycles. The van der Waals surface area contributed by atoms with Crippen LogP contribution < -0.4 is 10.1 Å². The van der Waals surface area contributed by atoms with E-state index in [4.69, 9.17) is 4.74 Å². The molecule has 2 rings (SSSR count). The van der Waals surface area contributed by atoms with E-state index < -0.39 is 5.82 Å². The van der Waals surface area contributed by atoms with Crippen molar-refractivity contribution >= 4 is 0 Å². The lowest BCUT2D eigenvalue weighted by Crippen LogP contribution is -2.27. The normalized spacial score (nSPS) is 17.1. The fourth-order valence-corrected chi connectivity index (χ4v) is 2.47. The van der Waals surface area contributed by atoms with Gasteiger partial charge in [0.2, 0.25) is 0 Å². The number of ether oxygens (including phenoxy) is 1. The number of hydrogen-bond acceptors (Lipinski definition) is 3. The van der Waals surface area contributed by atoms with Crippen molar-refractivity contribution in [3.8, 4) is 11.5 Å². The van der Waals surface area contributed by atoms with Crippen LogP contribution >= 0.6 is 0 Å². The van der Waals surface area contributed by atoms with Crippen molar-refractivity contribution in [1.82, 2.24) is 5.32 Å². The van der Waals surface area contributed by atoms with E-state index in [1.165, 1.54) is 7.11 Å². The van der Waals surface area contributed by atoms with E-state index >= 15 is 0 Å². The molecular weight excluding hydrogens is 221 g/mol. The lowest BCUT2D eigenvalue weighted by molar-refractivity contribution is 0.348. The topological polar surface area (TPSA) is 41.5 Å². The van der Waals surface area contributed by atoms with Crippen LogP contribution in [0.2, 0.25) is 0 Å². The number of benzene rings is 1. The monoisotopic (exact) mass is 239 g/mol. The number of hydrogen-bond donors (Lipinski definition) is 2. The first-order valence-corrected chi connectivity index (χ1v) is 5.91. The zero-order valence-electron chi connectivity index (χ0n) is 10.2. The van der Waals surface area contributed by atoms with Crippen LogP contribution in [0, 0.1) is 12.7 Å². The minimum atomic E-state index is -0.528. The first-order chi connectivity index (χ1) is 8.15. The van der Waals surface area contributed by atoms with Gasteiger partial charge in [-0.05, 0) is 56.0 Å². The molecule has 0 bridgehead atoms. The molecule has 1 aromatic carbocycles. The van der Waals surface area contributed by atoms with E-state index in [9.17, 15) is 9.50 Å². The Kier molecular flexibility index (Phi) is 3.52. The Morgan fingerprint density at radius 2 is 2.06 bits per heavy atom. The molecule has 4 heteroatoms. The Morgan fingerprint density at radius 3 is 2.65 bits per heavy atom. The highest BCUT2D eigenvalue weighted by Gasteiger charge is 2.23. The van der Waals surface area contributed by atoms with Crippen LogP contribution in [-0.2, 0) is 0 Å². The van der Waals surface area contributed by atoms with Crippen molar-refractivity contribution in [3.05, 3.63) is 23.0 Å². The summed E-state index contributed by atoms with van der Waals surface area (Å²) < 4.78 is 19.1. The summed E-state index contributed by atoms with van der Waals surface area (Å²) in [5, 5.41) is 13.0. The van der Waals surface area contributed by atoms with Crippen molar-refractivity contribution < 1.29 is 14.2 Å². The first-order valence-electron chi connectivity index (χ1n) is 5.91. The average Bonchev–Trinajstić information content (AvgIpc) is 2.35. The summed E-state index contributed by atoms with van der Waals surface area (Å²) in [5.74, 6) is -0.465. The number of halogens is 1. The zero-order valence-corrected chi connectivity index (χ0v) is 10.2. The third kappa shape index (κ3) is 2.22. The van der Waals surface area contributed by atoms with E-state index in [0.717, 1.165) is 31.5 Å². The molecule has 0 aromatic heterocycles. The molecule has 2 N–H and O–H groups in total. The molecule has 94 valence electrons. The van der Waals surface area contributed by atoms with Crippen LogP contribution in [0.3, 0.4) is 0 Å². The van der Waals surface area contributed by atoms with Gasteiger partial charge in [-0.2, -0.15) is 0 Å². The largest absolute Gasteiger partial charge is 0.502 e. The molecule has 0 unspecified atom stereocenters. The van der Waals surface area contributed by atoms with Crippen LogP contribution in [0.15, 0.2) is 6.07 Å².